The van der Waals surface area contributed by atoms with Gasteiger partial charge in [-0.25, -0.2) is 4.39 Å². The quantitative estimate of drug-likeness (QED) is 0.743. The van der Waals surface area contributed by atoms with Crippen molar-refractivity contribution in [3.05, 3.63) is 71.5 Å². The maximum absolute atomic E-state index is 12.1. The molecule has 0 spiro atoms. The maximum atomic E-state index is 12.1. The normalized spacial score (nSPS) is 8.76. The third-order valence-electron chi connectivity index (χ3n) is 1.94. The SMILES string of the molecule is O=Cc1ccc(F)cc1.O=Cc1ccccc1. The molecule has 0 bridgehead atoms. The minimum Gasteiger partial charge on any atom is -0.298 e. The largest absolute Gasteiger partial charge is 0.298 e. The molecular formula is C14H11FO2. The first-order chi connectivity index (χ1) is 8.26. The van der Waals surface area contributed by atoms with Crippen LogP contribution >= 0.6 is 0 Å². The van der Waals surface area contributed by atoms with Gasteiger partial charge < -0.3 is 0 Å². The molecule has 0 radical (unpaired) electrons. The highest BCUT2D eigenvalue weighted by molar-refractivity contribution is 5.74. The van der Waals surface area contributed by atoms with E-state index in [1.54, 1.807) is 12.1 Å². The number of benzene rings is 2. The van der Waals surface area contributed by atoms with Gasteiger partial charge in [0.1, 0.15) is 18.4 Å². The van der Waals surface area contributed by atoms with Crippen molar-refractivity contribution >= 4 is 12.6 Å². The number of aldehydes is 2. The Labute approximate surface area is 98.7 Å². The molecule has 0 aromatic heterocycles. The molecule has 0 atom stereocenters. The highest BCUT2D eigenvalue weighted by atomic mass is 19.1. The van der Waals surface area contributed by atoms with Crippen LogP contribution in [0.3, 0.4) is 0 Å². The summed E-state index contributed by atoms with van der Waals surface area (Å²) in [5, 5.41) is 0. The zero-order valence-corrected chi connectivity index (χ0v) is 9.05. The van der Waals surface area contributed by atoms with Crippen LogP contribution in [0.4, 0.5) is 4.39 Å². The predicted octanol–water partition coefficient (Wildman–Crippen LogP) is 3.14. The van der Waals surface area contributed by atoms with Crippen LogP contribution in [-0.2, 0) is 0 Å². The lowest BCUT2D eigenvalue weighted by Gasteiger charge is -1.86. The molecule has 0 unspecified atom stereocenters. The predicted molar refractivity (Wildman–Crippen MR) is 63.6 cm³/mol. The highest BCUT2D eigenvalue weighted by Gasteiger charge is 1.88. The average molecular weight is 230 g/mol. The molecule has 0 amide bonds. The van der Waals surface area contributed by atoms with Crippen LogP contribution in [0.2, 0.25) is 0 Å². The Hall–Kier alpha value is -2.29. The number of carbonyl (C=O) groups is 2. The van der Waals surface area contributed by atoms with Gasteiger partial charge in [0.2, 0.25) is 0 Å². The van der Waals surface area contributed by atoms with Crippen molar-refractivity contribution in [3.8, 4) is 0 Å². The molecule has 2 aromatic rings. The minimum atomic E-state index is -0.319. The number of hydrogen-bond donors (Lipinski definition) is 0. The van der Waals surface area contributed by atoms with Crippen molar-refractivity contribution in [2.45, 2.75) is 0 Å². The standard InChI is InChI=1S/C7H5FO.C7H6O/c8-7-3-1-6(5-9)2-4-7;8-6-7-4-2-1-3-5-7/h1-5H;1-6H. The molecule has 0 saturated carbocycles. The highest BCUT2D eigenvalue weighted by Crippen LogP contribution is 1.98. The van der Waals surface area contributed by atoms with Crippen molar-refractivity contribution < 1.29 is 14.0 Å². The second kappa shape index (κ2) is 7.06. The van der Waals surface area contributed by atoms with Crippen LogP contribution in [0.1, 0.15) is 20.7 Å². The van der Waals surface area contributed by atoms with Crippen molar-refractivity contribution in [3.63, 3.8) is 0 Å². The third-order valence-corrected chi connectivity index (χ3v) is 1.94. The molecule has 2 rings (SSSR count). The van der Waals surface area contributed by atoms with Crippen LogP contribution < -0.4 is 0 Å². The first-order valence-electron chi connectivity index (χ1n) is 4.97. The summed E-state index contributed by atoms with van der Waals surface area (Å²) in [5.41, 5.74) is 1.23. The molecule has 2 nitrogen and oxygen atoms in total. The molecule has 0 aliphatic heterocycles. The fraction of sp³-hybridized carbons (Fsp3) is 0. The Morgan fingerprint density at radius 2 is 1.18 bits per heavy atom. The van der Waals surface area contributed by atoms with E-state index in [9.17, 15) is 14.0 Å². The second-order valence-electron chi connectivity index (χ2n) is 3.20. The summed E-state index contributed by atoms with van der Waals surface area (Å²) in [6, 6.07) is 14.5. The van der Waals surface area contributed by atoms with E-state index >= 15 is 0 Å². The average Bonchev–Trinajstić information content (AvgIpc) is 2.41. The molecule has 86 valence electrons. The lowest BCUT2D eigenvalue weighted by molar-refractivity contribution is 0.111. The fourth-order valence-corrected chi connectivity index (χ4v) is 1.07. The second-order valence-corrected chi connectivity index (χ2v) is 3.20. The summed E-state index contributed by atoms with van der Waals surface area (Å²) in [6.07, 6.45) is 1.51. The van der Waals surface area contributed by atoms with Gasteiger partial charge in [-0.2, -0.15) is 0 Å². The molecule has 0 saturated heterocycles. The Bertz CT molecular complexity index is 463. The van der Waals surface area contributed by atoms with Crippen LogP contribution in [0.5, 0.6) is 0 Å². The zero-order valence-electron chi connectivity index (χ0n) is 9.05. The molecule has 0 aliphatic rings. The van der Waals surface area contributed by atoms with Crippen LogP contribution in [0, 0.1) is 5.82 Å². The van der Waals surface area contributed by atoms with Crippen LogP contribution in [0.25, 0.3) is 0 Å². The summed E-state index contributed by atoms with van der Waals surface area (Å²) in [4.78, 5) is 20.0. The Kier molecular flexibility index (Phi) is 5.31. The van der Waals surface area contributed by atoms with Gasteiger partial charge in [-0.3, -0.25) is 9.59 Å². The van der Waals surface area contributed by atoms with Crippen molar-refractivity contribution in [1.82, 2.24) is 0 Å². The summed E-state index contributed by atoms with van der Waals surface area (Å²) in [6.45, 7) is 0. The molecule has 0 N–H and O–H groups in total. The van der Waals surface area contributed by atoms with Crippen molar-refractivity contribution in [1.29, 1.82) is 0 Å². The fourth-order valence-electron chi connectivity index (χ4n) is 1.07. The molecule has 0 heterocycles. The summed E-state index contributed by atoms with van der Waals surface area (Å²) in [7, 11) is 0. The lowest BCUT2D eigenvalue weighted by atomic mass is 10.2. The smallest absolute Gasteiger partial charge is 0.150 e. The van der Waals surface area contributed by atoms with Gasteiger partial charge in [-0.05, 0) is 24.3 Å². The Balaban J connectivity index is 0.000000171. The number of rotatable bonds is 2. The van der Waals surface area contributed by atoms with Gasteiger partial charge in [-0.15, -0.1) is 0 Å². The Morgan fingerprint density at radius 3 is 1.59 bits per heavy atom. The maximum Gasteiger partial charge on any atom is 0.150 e. The van der Waals surface area contributed by atoms with Crippen molar-refractivity contribution in [2.24, 2.45) is 0 Å². The van der Waals surface area contributed by atoms with E-state index in [2.05, 4.69) is 0 Å². The van der Waals surface area contributed by atoms with E-state index in [-0.39, 0.29) is 5.82 Å². The van der Waals surface area contributed by atoms with Gasteiger partial charge in [0.05, 0.1) is 0 Å². The molecule has 3 heteroatoms. The third kappa shape index (κ3) is 4.84. The summed E-state index contributed by atoms with van der Waals surface area (Å²) < 4.78 is 12.1. The van der Waals surface area contributed by atoms with Crippen molar-refractivity contribution in [2.75, 3.05) is 0 Å². The molecule has 2 aromatic carbocycles. The first-order valence-corrected chi connectivity index (χ1v) is 4.97. The lowest BCUT2D eigenvalue weighted by Crippen LogP contribution is -1.77. The minimum absolute atomic E-state index is 0.319. The summed E-state index contributed by atoms with van der Waals surface area (Å²) in [5.74, 6) is -0.319. The topological polar surface area (TPSA) is 34.1 Å². The molecule has 0 aliphatic carbocycles. The molecular weight excluding hydrogens is 219 g/mol. The first kappa shape index (κ1) is 12.8. The van der Waals surface area contributed by atoms with E-state index in [1.165, 1.54) is 24.3 Å². The van der Waals surface area contributed by atoms with E-state index in [1.807, 2.05) is 18.2 Å². The van der Waals surface area contributed by atoms with E-state index < -0.39 is 0 Å². The van der Waals surface area contributed by atoms with Gasteiger partial charge in [-0.1, -0.05) is 30.3 Å². The van der Waals surface area contributed by atoms with Gasteiger partial charge >= 0.3 is 0 Å². The van der Waals surface area contributed by atoms with E-state index in [0.717, 1.165) is 11.8 Å². The molecule has 17 heavy (non-hydrogen) atoms. The van der Waals surface area contributed by atoms with E-state index in [4.69, 9.17) is 0 Å². The van der Waals surface area contributed by atoms with Gasteiger partial charge in [0.15, 0.2) is 0 Å². The van der Waals surface area contributed by atoms with Crippen LogP contribution in [0.15, 0.2) is 54.6 Å². The molecule has 0 fully saturated rings. The number of hydrogen-bond acceptors (Lipinski definition) is 2. The Morgan fingerprint density at radius 1 is 0.706 bits per heavy atom. The van der Waals surface area contributed by atoms with Gasteiger partial charge in [0, 0.05) is 11.1 Å². The number of carbonyl (C=O) groups excluding carboxylic acids is 2. The number of halogens is 1. The van der Waals surface area contributed by atoms with Crippen LogP contribution in [-0.4, -0.2) is 12.6 Å². The summed E-state index contributed by atoms with van der Waals surface area (Å²) >= 11 is 0. The van der Waals surface area contributed by atoms with E-state index in [0.29, 0.717) is 11.8 Å². The monoisotopic (exact) mass is 230 g/mol. The van der Waals surface area contributed by atoms with Gasteiger partial charge in [0.25, 0.3) is 0 Å². The zero-order chi connectivity index (χ0) is 12.5.